The van der Waals surface area contributed by atoms with Crippen molar-refractivity contribution >= 4 is 12.0 Å². The Bertz CT molecular complexity index is 957. The highest BCUT2D eigenvalue weighted by Crippen LogP contribution is 2.30. The molecule has 1 heterocycles. The molecule has 3 rings (SSSR count). The van der Waals surface area contributed by atoms with Gasteiger partial charge in [-0.2, -0.15) is 0 Å². The summed E-state index contributed by atoms with van der Waals surface area (Å²) in [6.07, 6.45) is 6.50. The number of likely N-dealkylation sites (tertiary alicyclic amines) is 1. The molecule has 1 aliphatic carbocycles. The van der Waals surface area contributed by atoms with Crippen LogP contribution in [0.2, 0.25) is 0 Å². The van der Waals surface area contributed by atoms with Crippen LogP contribution in [0.25, 0.3) is 0 Å². The Balaban J connectivity index is 1.78. The lowest BCUT2D eigenvalue weighted by molar-refractivity contribution is 0.0282. The maximum Gasteiger partial charge on any atom is 0.410 e. The molecular formula is C31H51N3O6. The molecule has 9 nitrogen and oxygen atoms in total. The molecule has 2 fully saturated rings. The van der Waals surface area contributed by atoms with E-state index in [1.165, 1.54) is 19.3 Å². The second-order valence-electron chi connectivity index (χ2n) is 12.4. The fourth-order valence-electron chi connectivity index (χ4n) is 5.55. The van der Waals surface area contributed by atoms with Crippen LogP contribution in [0, 0.1) is 5.92 Å². The molecule has 2 unspecified atom stereocenters. The van der Waals surface area contributed by atoms with Crippen LogP contribution in [-0.4, -0.2) is 92.6 Å². The summed E-state index contributed by atoms with van der Waals surface area (Å²) < 4.78 is 22.2. The van der Waals surface area contributed by atoms with Crippen molar-refractivity contribution < 1.29 is 28.5 Å². The van der Waals surface area contributed by atoms with Gasteiger partial charge in [-0.05, 0) is 65.7 Å². The number of nitrogens with one attached hydrogen (secondary N) is 1. The van der Waals surface area contributed by atoms with Gasteiger partial charge in [0.05, 0.1) is 13.7 Å². The summed E-state index contributed by atoms with van der Waals surface area (Å²) in [5, 5.41) is 3.86. The van der Waals surface area contributed by atoms with Crippen LogP contribution in [0.5, 0.6) is 11.5 Å². The highest BCUT2D eigenvalue weighted by Gasteiger charge is 2.40. The number of benzene rings is 1. The topological polar surface area (TPSA) is 89.6 Å². The molecule has 0 radical (unpaired) electrons. The van der Waals surface area contributed by atoms with E-state index in [0.717, 1.165) is 19.3 Å². The van der Waals surface area contributed by atoms with Gasteiger partial charge in [-0.3, -0.25) is 4.79 Å². The van der Waals surface area contributed by atoms with Crippen LogP contribution >= 0.6 is 0 Å². The normalized spacial score (nSPS) is 20.1. The highest BCUT2D eigenvalue weighted by atomic mass is 16.6. The fourth-order valence-corrected chi connectivity index (χ4v) is 5.55. The molecule has 0 aromatic heterocycles. The maximum atomic E-state index is 13.9. The van der Waals surface area contributed by atoms with E-state index in [2.05, 4.69) is 5.32 Å². The van der Waals surface area contributed by atoms with Gasteiger partial charge in [-0.15, -0.1) is 0 Å². The molecule has 2 aliphatic rings. The van der Waals surface area contributed by atoms with E-state index in [4.69, 9.17) is 18.9 Å². The third-order valence-corrected chi connectivity index (χ3v) is 7.62. The highest BCUT2D eigenvalue weighted by molar-refractivity contribution is 5.95. The zero-order chi connectivity index (χ0) is 29.3. The van der Waals surface area contributed by atoms with Crippen LogP contribution in [-0.2, 0) is 9.47 Å². The van der Waals surface area contributed by atoms with Crippen LogP contribution in [0.3, 0.4) is 0 Å². The zero-order valence-electron chi connectivity index (χ0n) is 25.7. The maximum absolute atomic E-state index is 13.9. The minimum Gasteiger partial charge on any atom is -0.493 e. The van der Waals surface area contributed by atoms with Gasteiger partial charge >= 0.3 is 6.09 Å². The molecule has 2 amide bonds. The summed E-state index contributed by atoms with van der Waals surface area (Å²) >= 11 is 0. The summed E-state index contributed by atoms with van der Waals surface area (Å²) in [6, 6.07) is 5.86. The lowest BCUT2D eigenvalue weighted by atomic mass is 9.93. The second kappa shape index (κ2) is 14.9. The summed E-state index contributed by atoms with van der Waals surface area (Å²) in [7, 11) is 3.25. The molecule has 9 heteroatoms. The number of carbonyl (C=O) groups is 2. The Morgan fingerprint density at radius 1 is 1.05 bits per heavy atom. The van der Waals surface area contributed by atoms with Gasteiger partial charge in [-0.25, -0.2) is 4.79 Å². The first-order valence-electron chi connectivity index (χ1n) is 14.9. The third kappa shape index (κ3) is 9.26. The van der Waals surface area contributed by atoms with Gasteiger partial charge in [0.2, 0.25) is 0 Å². The first-order chi connectivity index (χ1) is 19.0. The number of rotatable bonds is 12. The van der Waals surface area contributed by atoms with Crippen molar-refractivity contribution in [2.45, 2.75) is 96.9 Å². The lowest BCUT2D eigenvalue weighted by Gasteiger charge is -2.34. The Morgan fingerprint density at radius 2 is 1.77 bits per heavy atom. The number of methoxy groups -OCH3 is 2. The Labute approximate surface area is 240 Å². The Morgan fingerprint density at radius 3 is 2.40 bits per heavy atom. The minimum absolute atomic E-state index is 0.0217. The van der Waals surface area contributed by atoms with E-state index in [-0.39, 0.29) is 30.0 Å². The van der Waals surface area contributed by atoms with Crippen molar-refractivity contribution in [3.8, 4) is 11.5 Å². The van der Waals surface area contributed by atoms with E-state index in [0.29, 0.717) is 56.0 Å². The molecule has 2 atom stereocenters. The van der Waals surface area contributed by atoms with Crippen LogP contribution in [0.1, 0.15) is 83.5 Å². The van der Waals surface area contributed by atoms with E-state index in [1.807, 2.05) is 39.5 Å². The fraction of sp³-hybridized carbons (Fsp3) is 0.742. The zero-order valence-corrected chi connectivity index (χ0v) is 25.7. The number of nitrogens with zero attached hydrogens (tertiary/aromatic N) is 2. The summed E-state index contributed by atoms with van der Waals surface area (Å²) in [6.45, 7) is 12.5. The van der Waals surface area contributed by atoms with Crippen molar-refractivity contribution in [2.24, 2.45) is 5.92 Å². The quantitative estimate of drug-likeness (QED) is 0.354. The summed E-state index contributed by atoms with van der Waals surface area (Å²) in [5.74, 6) is 1.16. The molecule has 1 saturated carbocycles. The summed E-state index contributed by atoms with van der Waals surface area (Å²) in [4.78, 5) is 30.6. The van der Waals surface area contributed by atoms with Gasteiger partial charge in [0.25, 0.3) is 5.91 Å². The SMILES string of the molecule is COCCCOc1cc(C(=O)N(CC2CN(C(=O)OC(C)(C)C)CC2NC2CCCCC2)C(C)C)ccc1OC. The monoisotopic (exact) mass is 561 g/mol. The van der Waals surface area contributed by atoms with Gasteiger partial charge < -0.3 is 34.1 Å². The molecular weight excluding hydrogens is 510 g/mol. The number of hydrogen-bond acceptors (Lipinski definition) is 7. The molecule has 0 spiro atoms. The Hall–Kier alpha value is -2.52. The predicted octanol–water partition coefficient (Wildman–Crippen LogP) is 5.12. The number of hydrogen-bond donors (Lipinski definition) is 1. The molecule has 1 saturated heterocycles. The summed E-state index contributed by atoms with van der Waals surface area (Å²) in [5.41, 5.74) is -0.00549. The molecule has 1 aromatic carbocycles. The third-order valence-electron chi connectivity index (χ3n) is 7.62. The first-order valence-corrected chi connectivity index (χ1v) is 14.9. The number of ether oxygens (including phenoxy) is 4. The minimum atomic E-state index is -0.556. The van der Waals surface area contributed by atoms with Crippen molar-refractivity contribution in [3.63, 3.8) is 0 Å². The molecule has 40 heavy (non-hydrogen) atoms. The van der Waals surface area contributed by atoms with Crippen molar-refractivity contribution in [3.05, 3.63) is 23.8 Å². The van der Waals surface area contributed by atoms with Crippen LogP contribution < -0.4 is 14.8 Å². The molecule has 0 bridgehead atoms. The lowest BCUT2D eigenvalue weighted by Crippen LogP contribution is -2.49. The predicted molar refractivity (Wildman–Crippen MR) is 156 cm³/mol. The Kier molecular flexibility index (Phi) is 11.9. The van der Waals surface area contributed by atoms with Crippen molar-refractivity contribution in [1.82, 2.24) is 15.1 Å². The van der Waals surface area contributed by atoms with Crippen molar-refractivity contribution in [2.75, 3.05) is 47.1 Å². The van der Waals surface area contributed by atoms with Gasteiger partial charge in [0.1, 0.15) is 5.60 Å². The number of carbonyl (C=O) groups excluding carboxylic acids is 2. The van der Waals surface area contributed by atoms with Crippen molar-refractivity contribution in [1.29, 1.82) is 0 Å². The van der Waals surface area contributed by atoms with E-state index in [1.54, 1.807) is 37.3 Å². The average molecular weight is 562 g/mol. The van der Waals surface area contributed by atoms with E-state index >= 15 is 0 Å². The molecule has 226 valence electrons. The number of amides is 2. The average Bonchev–Trinajstić information content (AvgIpc) is 3.31. The molecule has 1 aromatic rings. The standard InChI is InChI=1S/C31H51N3O6/c1-22(2)34(29(35)23-14-15-27(38-7)28(18-23)39-17-11-16-37-6)20-24-19-33(30(36)40-31(3,4)5)21-26(24)32-25-12-9-8-10-13-25/h14-15,18,22,24-26,32H,8-13,16-17,19-21H2,1-7H3. The smallest absolute Gasteiger partial charge is 0.410 e. The van der Waals surface area contributed by atoms with Gasteiger partial charge in [-0.1, -0.05) is 19.3 Å². The van der Waals surface area contributed by atoms with Gasteiger partial charge in [0.15, 0.2) is 11.5 Å². The van der Waals surface area contributed by atoms with Crippen LogP contribution in [0.4, 0.5) is 4.79 Å². The molecule has 1 N–H and O–H groups in total. The largest absolute Gasteiger partial charge is 0.493 e. The first kappa shape index (κ1) is 32.0. The van der Waals surface area contributed by atoms with E-state index in [9.17, 15) is 9.59 Å². The molecule has 1 aliphatic heterocycles. The van der Waals surface area contributed by atoms with Crippen LogP contribution in [0.15, 0.2) is 18.2 Å². The van der Waals surface area contributed by atoms with Gasteiger partial charge in [0, 0.05) is 69.4 Å². The van der Waals surface area contributed by atoms with E-state index < -0.39 is 5.60 Å². The second-order valence-corrected chi connectivity index (χ2v) is 12.4.